The molecule has 2 aromatic rings. The molecule has 4 nitrogen and oxygen atoms in total. The van der Waals surface area contributed by atoms with E-state index in [9.17, 15) is 5.11 Å². The van der Waals surface area contributed by atoms with Gasteiger partial charge in [-0.25, -0.2) is 0 Å². The van der Waals surface area contributed by atoms with Gasteiger partial charge in [-0.1, -0.05) is 60.7 Å². The molecule has 2 atom stereocenters. The van der Waals surface area contributed by atoms with Crippen molar-refractivity contribution >= 4 is 0 Å². The van der Waals surface area contributed by atoms with Crippen molar-refractivity contribution in [2.24, 2.45) is 0 Å². The van der Waals surface area contributed by atoms with Gasteiger partial charge in [0.2, 0.25) is 0 Å². The number of rotatable bonds is 9. The highest BCUT2D eigenvalue weighted by Crippen LogP contribution is 2.09. The van der Waals surface area contributed by atoms with Crippen molar-refractivity contribution in [1.29, 1.82) is 0 Å². The predicted molar refractivity (Wildman–Crippen MR) is 84.2 cm³/mol. The molecule has 2 aromatic carbocycles. The lowest BCUT2D eigenvalue weighted by Crippen LogP contribution is -2.36. The maximum absolute atomic E-state index is 9.84. The maximum Gasteiger partial charge on any atom is 0.109 e. The SMILES string of the molecule is OC[C@@H](O)[C@@H](COCc1ccccc1)OCc1ccccc1. The van der Waals surface area contributed by atoms with Gasteiger partial charge in [-0.05, 0) is 11.1 Å². The van der Waals surface area contributed by atoms with E-state index < -0.39 is 12.2 Å². The van der Waals surface area contributed by atoms with Crippen LogP contribution >= 0.6 is 0 Å². The first kappa shape index (κ1) is 16.6. The van der Waals surface area contributed by atoms with Crippen LogP contribution in [0.4, 0.5) is 0 Å². The maximum atomic E-state index is 9.84. The Balaban J connectivity index is 1.81. The fraction of sp³-hybridized carbons (Fsp3) is 0.333. The van der Waals surface area contributed by atoms with Crippen molar-refractivity contribution in [3.8, 4) is 0 Å². The van der Waals surface area contributed by atoms with Crippen LogP contribution in [0.1, 0.15) is 11.1 Å². The van der Waals surface area contributed by atoms with Crippen LogP contribution in [0.25, 0.3) is 0 Å². The molecule has 0 aliphatic heterocycles. The van der Waals surface area contributed by atoms with Crippen LogP contribution in [-0.4, -0.2) is 35.6 Å². The summed E-state index contributed by atoms with van der Waals surface area (Å²) in [5.41, 5.74) is 2.07. The van der Waals surface area contributed by atoms with Gasteiger partial charge >= 0.3 is 0 Å². The Bertz CT molecular complexity index is 515. The number of hydrogen-bond donors (Lipinski definition) is 2. The first-order valence-corrected chi connectivity index (χ1v) is 7.35. The van der Waals surface area contributed by atoms with E-state index in [-0.39, 0.29) is 13.2 Å². The highest BCUT2D eigenvalue weighted by Gasteiger charge is 2.19. The third-order valence-electron chi connectivity index (χ3n) is 3.32. The number of aliphatic hydroxyl groups excluding tert-OH is 2. The molecular formula is C18H22O4. The monoisotopic (exact) mass is 302 g/mol. The third-order valence-corrected chi connectivity index (χ3v) is 3.32. The standard InChI is InChI=1S/C18H22O4/c19-11-17(20)18(22-13-16-9-5-2-6-10-16)14-21-12-15-7-3-1-4-8-15/h1-10,17-20H,11-14H2/t17-,18-/m1/s1. The Morgan fingerprint density at radius 1 is 0.818 bits per heavy atom. The van der Waals surface area contributed by atoms with E-state index in [0.717, 1.165) is 11.1 Å². The smallest absolute Gasteiger partial charge is 0.109 e. The van der Waals surface area contributed by atoms with Crippen LogP contribution in [0.3, 0.4) is 0 Å². The first-order valence-electron chi connectivity index (χ1n) is 7.35. The molecule has 0 saturated carbocycles. The van der Waals surface area contributed by atoms with Crippen LogP contribution in [0.2, 0.25) is 0 Å². The van der Waals surface area contributed by atoms with Crippen molar-refractivity contribution in [2.45, 2.75) is 25.4 Å². The van der Waals surface area contributed by atoms with E-state index in [1.807, 2.05) is 60.7 Å². The summed E-state index contributed by atoms with van der Waals surface area (Å²) in [7, 11) is 0. The molecule has 0 aliphatic carbocycles. The second-order valence-electron chi connectivity index (χ2n) is 5.09. The van der Waals surface area contributed by atoms with E-state index in [2.05, 4.69) is 0 Å². The van der Waals surface area contributed by atoms with Crippen molar-refractivity contribution < 1.29 is 19.7 Å². The molecule has 0 saturated heterocycles. The van der Waals surface area contributed by atoms with Gasteiger partial charge in [0.1, 0.15) is 12.2 Å². The Hall–Kier alpha value is -1.72. The van der Waals surface area contributed by atoms with Gasteiger partial charge in [0.05, 0.1) is 26.4 Å². The van der Waals surface area contributed by atoms with Crippen LogP contribution in [0.15, 0.2) is 60.7 Å². The number of ether oxygens (including phenoxy) is 2. The normalized spacial score (nSPS) is 13.7. The summed E-state index contributed by atoms with van der Waals surface area (Å²) in [6, 6.07) is 19.5. The van der Waals surface area contributed by atoms with E-state index in [4.69, 9.17) is 14.6 Å². The zero-order valence-electron chi connectivity index (χ0n) is 12.5. The Kier molecular flexibility index (Phi) is 7.06. The summed E-state index contributed by atoms with van der Waals surface area (Å²) in [5.74, 6) is 0. The first-order chi connectivity index (χ1) is 10.8. The van der Waals surface area contributed by atoms with Gasteiger partial charge in [-0.2, -0.15) is 0 Å². The summed E-state index contributed by atoms with van der Waals surface area (Å²) in [6.45, 7) is 0.694. The van der Waals surface area contributed by atoms with Gasteiger partial charge in [0, 0.05) is 0 Å². The second kappa shape index (κ2) is 9.33. The van der Waals surface area contributed by atoms with Crippen molar-refractivity contribution in [3.05, 3.63) is 71.8 Å². The minimum absolute atomic E-state index is 0.226. The number of benzene rings is 2. The zero-order chi connectivity index (χ0) is 15.6. The molecule has 0 aliphatic rings. The molecule has 118 valence electrons. The average molecular weight is 302 g/mol. The molecule has 0 heterocycles. The van der Waals surface area contributed by atoms with Gasteiger partial charge in [-0.15, -0.1) is 0 Å². The van der Waals surface area contributed by atoms with Crippen molar-refractivity contribution in [3.63, 3.8) is 0 Å². The lowest BCUT2D eigenvalue weighted by atomic mass is 10.2. The van der Waals surface area contributed by atoms with Crippen LogP contribution in [-0.2, 0) is 22.7 Å². The van der Waals surface area contributed by atoms with Crippen molar-refractivity contribution in [1.82, 2.24) is 0 Å². The highest BCUT2D eigenvalue weighted by molar-refractivity contribution is 5.14. The molecule has 0 radical (unpaired) electrons. The Morgan fingerprint density at radius 3 is 1.91 bits per heavy atom. The predicted octanol–water partition coefficient (Wildman–Crippen LogP) is 2.14. The largest absolute Gasteiger partial charge is 0.394 e. The summed E-state index contributed by atoms with van der Waals surface area (Å²) in [5, 5.41) is 19.0. The fourth-order valence-electron chi connectivity index (χ4n) is 2.03. The van der Waals surface area contributed by atoms with E-state index >= 15 is 0 Å². The number of hydrogen-bond acceptors (Lipinski definition) is 4. The van der Waals surface area contributed by atoms with Gasteiger partial charge in [-0.3, -0.25) is 0 Å². The lowest BCUT2D eigenvalue weighted by molar-refractivity contribution is -0.102. The highest BCUT2D eigenvalue weighted by atomic mass is 16.5. The molecule has 4 heteroatoms. The van der Waals surface area contributed by atoms with E-state index in [1.54, 1.807) is 0 Å². The summed E-state index contributed by atoms with van der Waals surface area (Å²) < 4.78 is 11.3. The molecule has 0 unspecified atom stereocenters. The summed E-state index contributed by atoms with van der Waals surface area (Å²) in [4.78, 5) is 0. The molecule has 0 fully saturated rings. The quantitative estimate of drug-likeness (QED) is 0.745. The van der Waals surface area contributed by atoms with Gasteiger partial charge in [0.25, 0.3) is 0 Å². The fourth-order valence-corrected chi connectivity index (χ4v) is 2.03. The minimum atomic E-state index is -0.959. The summed E-state index contributed by atoms with van der Waals surface area (Å²) >= 11 is 0. The van der Waals surface area contributed by atoms with Crippen LogP contribution in [0, 0.1) is 0 Å². The third kappa shape index (κ3) is 5.58. The molecule has 0 amide bonds. The molecular weight excluding hydrogens is 280 g/mol. The topological polar surface area (TPSA) is 58.9 Å². The average Bonchev–Trinajstić information content (AvgIpc) is 2.59. The Labute approximate surface area is 130 Å². The molecule has 2 N–H and O–H groups in total. The molecule has 0 bridgehead atoms. The molecule has 0 spiro atoms. The van der Waals surface area contributed by atoms with Crippen molar-refractivity contribution in [2.75, 3.05) is 13.2 Å². The van der Waals surface area contributed by atoms with Gasteiger partial charge in [0.15, 0.2) is 0 Å². The second-order valence-corrected chi connectivity index (χ2v) is 5.09. The van der Waals surface area contributed by atoms with E-state index in [0.29, 0.717) is 13.2 Å². The van der Waals surface area contributed by atoms with Crippen LogP contribution in [0.5, 0.6) is 0 Å². The minimum Gasteiger partial charge on any atom is -0.394 e. The summed E-state index contributed by atoms with van der Waals surface area (Å²) in [6.07, 6.45) is -1.52. The zero-order valence-corrected chi connectivity index (χ0v) is 12.5. The molecule has 2 rings (SSSR count). The number of aliphatic hydroxyl groups is 2. The lowest BCUT2D eigenvalue weighted by Gasteiger charge is -2.22. The Morgan fingerprint density at radius 2 is 1.36 bits per heavy atom. The van der Waals surface area contributed by atoms with E-state index in [1.165, 1.54) is 0 Å². The van der Waals surface area contributed by atoms with Crippen LogP contribution < -0.4 is 0 Å². The van der Waals surface area contributed by atoms with Gasteiger partial charge < -0.3 is 19.7 Å². The molecule has 0 aromatic heterocycles. The molecule has 22 heavy (non-hydrogen) atoms.